The zero-order valence-corrected chi connectivity index (χ0v) is 13.1. The summed E-state index contributed by atoms with van der Waals surface area (Å²) in [5.74, 6) is 0.476. The van der Waals surface area contributed by atoms with E-state index >= 15 is 0 Å². The van der Waals surface area contributed by atoms with Crippen LogP contribution < -0.4 is 4.90 Å². The SMILES string of the molecule is Cc1[nH]nc2cc(C3CC34C(=O)N(C)c3ccccc34)ccc12. The van der Waals surface area contributed by atoms with Crippen molar-refractivity contribution in [2.75, 3.05) is 11.9 Å². The van der Waals surface area contributed by atoms with Crippen LogP contribution in [0.2, 0.25) is 0 Å². The molecule has 2 aliphatic rings. The minimum atomic E-state index is -0.357. The van der Waals surface area contributed by atoms with Crippen molar-refractivity contribution in [3.8, 4) is 0 Å². The van der Waals surface area contributed by atoms with Gasteiger partial charge in [0.25, 0.3) is 0 Å². The van der Waals surface area contributed by atoms with Crippen LogP contribution in [0.1, 0.15) is 29.2 Å². The highest BCUT2D eigenvalue weighted by atomic mass is 16.2. The number of hydrogen-bond donors (Lipinski definition) is 1. The molecule has 0 radical (unpaired) electrons. The first-order chi connectivity index (χ1) is 11.1. The first-order valence-corrected chi connectivity index (χ1v) is 7.95. The van der Waals surface area contributed by atoms with Gasteiger partial charge in [0.05, 0.1) is 10.9 Å². The fraction of sp³-hybridized carbons (Fsp3) is 0.263. The number of anilines is 1. The second-order valence-electron chi connectivity index (χ2n) is 6.73. The van der Waals surface area contributed by atoms with Crippen LogP contribution in [-0.2, 0) is 10.2 Å². The maximum Gasteiger partial charge on any atom is 0.238 e. The molecule has 2 atom stereocenters. The zero-order chi connectivity index (χ0) is 15.8. The molecule has 2 unspecified atom stereocenters. The number of para-hydroxylation sites is 1. The van der Waals surface area contributed by atoms with Gasteiger partial charge in [0, 0.05) is 29.7 Å². The van der Waals surface area contributed by atoms with E-state index < -0.39 is 0 Å². The Morgan fingerprint density at radius 2 is 2.09 bits per heavy atom. The number of H-pyrrole nitrogens is 1. The number of hydrogen-bond acceptors (Lipinski definition) is 2. The summed E-state index contributed by atoms with van der Waals surface area (Å²) in [6.45, 7) is 2.03. The average Bonchev–Trinajstić information content (AvgIpc) is 3.19. The Morgan fingerprint density at radius 3 is 2.96 bits per heavy atom. The summed E-state index contributed by atoms with van der Waals surface area (Å²) >= 11 is 0. The molecule has 114 valence electrons. The first kappa shape index (κ1) is 12.9. The van der Waals surface area contributed by atoms with Gasteiger partial charge in [0.1, 0.15) is 0 Å². The highest BCUT2D eigenvalue weighted by Gasteiger charge is 2.66. The van der Waals surface area contributed by atoms with Crippen molar-refractivity contribution in [2.45, 2.75) is 24.7 Å². The van der Waals surface area contributed by atoms with Crippen molar-refractivity contribution in [1.82, 2.24) is 10.2 Å². The number of aromatic nitrogens is 2. The summed E-state index contributed by atoms with van der Waals surface area (Å²) in [5.41, 5.74) is 5.15. The average molecular weight is 303 g/mol. The Bertz CT molecular complexity index is 974. The van der Waals surface area contributed by atoms with Crippen LogP contribution in [0.15, 0.2) is 42.5 Å². The van der Waals surface area contributed by atoms with E-state index in [1.165, 1.54) is 11.1 Å². The van der Waals surface area contributed by atoms with E-state index in [1.807, 2.05) is 37.1 Å². The molecule has 1 fully saturated rings. The van der Waals surface area contributed by atoms with E-state index in [1.54, 1.807) is 0 Å². The smallest absolute Gasteiger partial charge is 0.238 e. The summed E-state index contributed by atoms with van der Waals surface area (Å²) in [4.78, 5) is 14.7. The quantitative estimate of drug-likeness (QED) is 0.750. The minimum absolute atomic E-state index is 0.224. The van der Waals surface area contributed by atoms with E-state index in [0.29, 0.717) is 0 Å². The number of carbonyl (C=O) groups excluding carboxylic acids is 1. The molecule has 1 aliphatic carbocycles. The number of likely N-dealkylation sites (N-methyl/N-ethyl adjacent to an activating group) is 1. The highest BCUT2D eigenvalue weighted by molar-refractivity contribution is 6.11. The predicted molar refractivity (Wildman–Crippen MR) is 89.7 cm³/mol. The van der Waals surface area contributed by atoms with Crippen LogP contribution >= 0.6 is 0 Å². The van der Waals surface area contributed by atoms with Crippen LogP contribution in [0, 0.1) is 6.92 Å². The largest absolute Gasteiger partial charge is 0.314 e. The lowest BCUT2D eigenvalue weighted by atomic mass is 9.92. The third-order valence-corrected chi connectivity index (χ3v) is 5.57. The van der Waals surface area contributed by atoms with Gasteiger partial charge in [-0.05, 0) is 36.6 Å². The number of aromatic amines is 1. The number of fused-ring (bicyclic) bond motifs is 3. The number of aryl methyl sites for hydroxylation is 1. The fourth-order valence-corrected chi connectivity index (χ4v) is 4.25. The third-order valence-electron chi connectivity index (χ3n) is 5.57. The molecule has 1 saturated carbocycles. The lowest BCUT2D eigenvalue weighted by Gasteiger charge is -2.11. The van der Waals surface area contributed by atoms with Crippen LogP contribution in [0.5, 0.6) is 0 Å². The van der Waals surface area contributed by atoms with Gasteiger partial charge in [0.15, 0.2) is 0 Å². The normalized spacial score (nSPS) is 25.4. The van der Waals surface area contributed by atoms with Gasteiger partial charge in [-0.2, -0.15) is 5.10 Å². The summed E-state index contributed by atoms with van der Waals surface area (Å²) < 4.78 is 0. The minimum Gasteiger partial charge on any atom is -0.314 e. The zero-order valence-electron chi connectivity index (χ0n) is 13.1. The van der Waals surface area contributed by atoms with Gasteiger partial charge in [-0.15, -0.1) is 0 Å². The van der Waals surface area contributed by atoms with Crippen molar-refractivity contribution < 1.29 is 4.79 Å². The maximum atomic E-state index is 12.9. The lowest BCUT2D eigenvalue weighted by Crippen LogP contribution is -2.29. The number of carbonyl (C=O) groups is 1. The predicted octanol–water partition coefficient (Wildman–Crippen LogP) is 3.27. The molecule has 4 nitrogen and oxygen atoms in total. The molecule has 3 aromatic rings. The molecule has 1 spiro atoms. The van der Waals surface area contributed by atoms with Gasteiger partial charge in [-0.3, -0.25) is 9.89 Å². The van der Waals surface area contributed by atoms with E-state index in [2.05, 4.69) is 34.5 Å². The Kier molecular flexibility index (Phi) is 2.25. The van der Waals surface area contributed by atoms with Gasteiger partial charge in [-0.1, -0.05) is 30.3 Å². The molecule has 1 N–H and O–H groups in total. The topological polar surface area (TPSA) is 49.0 Å². The molecule has 5 rings (SSSR count). The van der Waals surface area contributed by atoms with Crippen molar-refractivity contribution in [3.63, 3.8) is 0 Å². The molecule has 2 heterocycles. The molecule has 1 amide bonds. The molecule has 4 heteroatoms. The second kappa shape index (κ2) is 4.02. The maximum absolute atomic E-state index is 12.9. The molecular formula is C19H17N3O. The fourth-order valence-electron chi connectivity index (χ4n) is 4.25. The molecule has 1 aliphatic heterocycles. The van der Waals surface area contributed by atoms with Crippen molar-refractivity contribution in [1.29, 1.82) is 0 Å². The van der Waals surface area contributed by atoms with Gasteiger partial charge >= 0.3 is 0 Å². The second-order valence-corrected chi connectivity index (χ2v) is 6.73. The van der Waals surface area contributed by atoms with E-state index in [9.17, 15) is 4.79 Å². The number of nitrogens with zero attached hydrogens (tertiary/aromatic N) is 2. The number of amides is 1. The summed E-state index contributed by atoms with van der Waals surface area (Å²) in [5, 5.41) is 8.54. The first-order valence-electron chi connectivity index (χ1n) is 7.95. The van der Waals surface area contributed by atoms with Crippen LogP contribution in [0.4, 0.5) is 5.69 Å². The van der Waals surface area contributed by atoms with Crippen molar-refractivity contribution in [2.24, 2.45) is 0 Å². The van der Waals surface area contributed by atoms with E-state index in [-0.39, 0.29) is 17.2 Å². The van der Waals surface area contributed by atoms with E-state index in [0.717, 1.165) is 28.7 Å². The van der Waals surface area contributed by atoms with Crippen LogP contribution in [-0.4, -0.2) is 23.2 Å². The lowest BCUT2D eigenvalue weighted by molar-refractivity contribution is -0.120. The van der Waals surface area contributed by atoms with Gasteiger partial charge in [0.2, 0.25) is 5.91 Å². The number of benzene rings is 2. The third kappa shape index (κ3) is 1.46. The molecule has 0 saturated heterocycles. The number of rotatable bonds is 1. The Hall–Kier alpha value is -2.62. The Morgan fingerprint density at radius 1 is 1.26 bits per heavy atom. The monoisotopic (exact) mass is 303 g/mol. The standard InChI is InChI=1S/C19H17N3O/c1-11-13-8-7-12(9-16(13)21-20-11)15-10-19(15)14-5-3-4-6-17(14)22(2)18(19)23/h3-9,15H,10H2,1-2H3,(H,20,21). The van der Waals surface area contributed by atoms with Crippen molar-refractivity contribution >= 4 is 22.5 Å². The van der Waals surface area contributed by atoms with E-state index in [4.69, 9.17) is 0 Å². The van der Waals surface area contributed by atoms with Crippen molar-refractivity contribution in [3.05, 3.63) is 59.3 Å². The molecule has 23 heavy (non-hydrogen) atoms. The van der Waals surface area contributed by atoms with Gasteiger partial charge in [-0.25, -0.2) is 0 Å². The summed E-state index contributed by atoms with van der Waals surface area (Å²) in [6.07, 6.45) is 0.891. The van der Waals surface area contributed by atoms with Crippen LogP contribution in [0.3, 0.4) is 0 Å². The van der Waals surface area contributed by atoms with Crippen LogP contribution in [0.25, 0.3) is 10.9 Å². The summed E-state index contributed by atoms with van der Waals surface area (Å²) in [7, 11) is 1.88. The number of nitrogens with one attached hydrogen (secondary N) is 1. The molecule has 2 aromatic carbocycles. The Labute approximate surface area is 134 Å². The van der Waals surface area contributed by atoms with Gasteiger partial charge < -0.3 is 4.90 Å². The molecular weight excluding hydrogens is 286 g/mol. The molecule has 1 aromatic heterocycles. The Balaban J connectivity index is 1.63. The summed E-state index contributed by atoms with van der Waals surface area (Å²) in [6, 6.07) is 14.6. The highest BCUT2D eigenvalue weighted by Crippen LogP contribution is 2.66. The molecule has 0 bridgehead atoms.